The number of aliphatic hydroxyl groups excluding tert-OH is 2. The van der Waals surface area contributed by atoms with Crippen LogP contribution in [-0.2, 0) is 0 Å². The molecule has 4 rings (SSSR count). The van der Waals surface area contributed by atoms with E-state index in [0.29, 0.717) is 41.7 Å². The molecule has 8 nitrogen and oxygen atoms in total. The lowest BCUT2D eigenvalue weighted by atomic mass is 10.1. The SMILES string of the molecule is COc1c(OCCO)ccc2c1N=C(/C=C(/O)c1cccnc1)N1CCN=C21. The minimum atomic E-state index is -0.100. The number of fused-ring (bicyclic) bond motifs is 3. The molecule has 2 aromatic rings. The third-order valence-electron chi connectivity index (χ3n) is 4.46. The number of aliphatic imine (C=N–C) groups is 2. The summed E-state index contributed by atoms with van der Waals surface area (Å²) in [6, 6.07) is 7.20. The quantitative estimate of drug-likeness (QED) is 0.745. The van der Waals surface area contributed by atoms with Gasteiger partial charge in [0.1, 0.15) is 29.7 Å². The van der Waals surface area contributed by atoms with E-state index < -0.39 is 0 Å². The van der Waals surface area contributed by atoms with Crippen LogP contribution in [0.25, 0.3) is 5.76 Å². The molecular weight excluding hydrogens is 360 g/mol. The fourth-order valence-electron chi connectivity index (χ4n) is 3.22. The number of amidine groups is 2. The van der Waals surface area contributed by atoms with Crippen LogP contribution in [0, 0.1) is 0 Å². The van der Waals surface area contributed by atoms with Crippen LogP contribution in [0.3, 0.4) is 0 Å². The molecule has 8 heteroatoms. The molecule has 0 radical (unpaired) electrons. The average molecular weight is 380 g/mol. The number of nitrogens with zero attached hydrogens (tertiary/aromatic N) is 4. The summed E-state index contributed by atoms with van der Waals surface area (Å²) in [5.74, 6) is 2.36. The van der Waals surface area contributed by atoms with E-state index in [1.807, 2.05) is 11.0 Å². The Morgan fingerprint density at radius 2 is 2.21 bits per heavy atom. The van der Waals surface area contributed by atoms with Crippen LogP contribution < -0.4 is 9.47 Å². The lowest BCUT2D eigenvalue weighted by molar-refractivity contribution is 0.196. The lowest BCUT2D eigenvalue weighted by Gasteiger charge is -2.27. The first-order valence-corrected chi connectivity index (χ1v) is 8.89. The van der Waals surface area contributed by atoms with Crippen molar-refractivity contribution in [3.63, 3.8) is 0 Å². The molecule has 2 aliphatic rings. The molecule has 0 saturated carbocycles. The van der Waals surface area contributed by atoms with Gasteiger partial charge in [0.2, 0.25) is 0 Å². The molecule has 0 spiro atoms. The molecule has 0 atom stereocenters. The maximum Gasteiger partial charge on any atom is 0.187 e. The van der Waals surface area contributed by atoms with Crippen molar-refractivity contribution in [1.29, 1.82) is 0 Å². The number of rotatable bonds is 6. The fourth-order valence-corrected chi connectivity index (χ4v) is 3.22. The average Bonchev–Trinajstić information content (AvgIpc) is 3.23. The van der Waals surface area contributed by atoms with E-state index >= 15 is 0 Å². The maximum absolute atomic E-state index is 10.5. The number of pyridine rings is 1. The highest BCUT2D eigenvalue weighted by molar-refractivity contribution is 6.20. The van der Waals surface area contributed by atoms with Crippen molar-refractivity contribution in [3.8, 4) is 11.5 Å². The summed E-state index contributed by atoms with van der Waals surface area (Å²) < 4.78 is 11.1. The van der Waals surface area contributed by atoms with Crippen LogP contribution in [0.1, 0.15) is 11.1 Å². The maximum atomic E-state index is 10.5. The monoisotopic (exact) mass is 380 g/mol. The predicted octanol–water partition coefficient (Wildman–Crippen LogP) is 2.17. The van der Waals surface area contributed by atoms with Gasteiger partial charge >= 0.3 is 0 Å². The molecule has 0 aliphatic carbocycles. The summed E-state index contributed by atoms with van der Waals surface area (Å²) in [6.07, 6.45) is 4.83. The summed E-state index contributed by atoms with van der Waals surface area (Å²) >= 11 is 0. The van der Waals surface area contributed by atoms with Gasteiger partial charge in [-0.15, -0.1) is 0 Å². The number of ether oxygens (including phenoxy) is 2. The van der Waals surface area contributed by atoms with Crippen molar-refractivity contribution in [2.24, 2.45) is 9.98 Å². The number of aromatic nitrogens is 1. The summed E-state index contributed by atoms with van der Waals surface area (Å²) in [5, 5.41) is 19.6. The van der Waals surface area contributed by atoms with Crippen LogP contribution in [0.4, 0.5) is 5.69 Å². The standard InChI is InChI=1S/C20H20N4O4/c1-27-19-16(28-10-9-25)5-4-14-18(19)23-17(24-8-7-22-20(14)24)11-15(26)13-3-2-6-21-12-13/h2-6,11-12,25-26H,7-10H2,1H3/b15-11+. The Hall–Kier alpha value is -3.39. The highest BCUT2D eigenvalue weighted by atomic mass is 16.5. The molecule has 0 amide bonds. The summed E-state index contributed by atoms with van der Waals surface area (Å²) in [4.78, 5) is 15.3. The molecule has 0 fully saturated rings. The van der Waals surface area contributed by atoms with Gasteiger partial charge in [-0.3, -0.25) is 9.98 Å². The van der Waals surface area contributed by atoms with Crippen LogP contribution >= 0.6 is 0 Å². The van der Waals surface area contributed by atoms with Gasteiger partial charge in [-0.25, -0.2) is 4.99 Å². The Labute approximate surface area is 162 Å². The van der Waals surface area contributed by atoms with Gasteiger partial charge < -0.3 is 24.6 Å². The van der Waals surface area contributed by atoms with Crippen LogP contribution in [0.5, 0.6) is 11.5 Å². The normalized spacial score (nSPS) is 15.5. The first-order valence-electron chi connectivity index (χ1n) is 8.89. The Kier molecular flexibility index (Phi) is 4.94. The van der Waals surface area contributed by atoms with Crippen LogP contribution in [0.15, 0.2) is 52.7 Å². The molecule has 0 unspecified atom stereocenters. The third kappa shape index (κ3) is 3.18. The van der Waals surface area contributed by atoms with E-state index in [9.17, 15) is 5.11 Å². The highest BCUT2D eigenvalue weighted by Crippen LogP contribution is 2.43. The molecule has 2 N–H and O–H groups in total. The van der Waals surface area contributed by atoms with E-state index in [-0.39, 0.29) is 19.0 Å². The molecule has 2 aliphatic heterocycles. The number of aliphatic hydroxyl groups is 2. The molecule has 144 valence electrons. The Balaban J connectivity index is 1.81. The lowest BCUT2D eigenvalue weighted by Crippen LogP contribution is -2.36. The topological polar surface area (TPSA) is 99.8 Å². The van der Waals surface area contributed by atoms with Crippen LogP contribution in [-0.4, -0.2) is 65.2 Å². The van der Waals surface area contributed by atoms with Gasteiger partial charge in [-0.1, -0.05) is 0 Å². The van der Waals surface area contributed by atoms with E-state index in [2.05, 4.69) is 9.98 Å². The Morgan fingerprint density at radius 1 is 1.32 bits per heavy atom. The summed E-state index contributed by atoms with van der Waals surface area (Å²) in [5.41, 5.74) is 2.02. The molecule has 28 heavy (non-hydrogen) atoms. The van der Waals surface area contributed by atoms with Gasteiger partial charge in [-0.05, 0) is 24.3 Å². The number of hydrogen-bond acceptors (Lipinski definition) is 8. The van der Waals surface area contributed by atoms with E-state index in [4.69, 9.17) is 19.6 Å². The van der Waals surface area contributed by atoms with Crippen molar-refractivity contribution in [3.05, 3.63) is 53.9 Å². The highest BCUT2D eigenvalue weighted by Gasteiger charge is 2.31. The van der Waals surface area contributed by atoms with E-state index in [1.54, 1.807) is 43.8 Å². The fraction of sp³-hybridized carbons (Fsp3) is 0.250. The molecule has 3 heterocycles. The predicted molar refractivity (Wildman–Crippen MR) is 106 cm³/mol. The third-order valence-corrected chi connectivity index (χ3v) is 4.46. The zero-order chi connectivity index (χ0) is 19.5. The zero-order valence-electron chi connectivity index (χ0n) is 15.4. The van der Waals surface area contributed by atoms with Gasteiger partial charge in [0.05, 0.1) is 20.3 Å². The summed E-state index contributed by atoms with van der Waals surface area (Å²) in [6.45, 7) is 1.37. The molecular formula is C20H20N4O4. The molecule has 1 aromatic carbocycles. The van der Waals surface area contributed by atoms with Crippen molar-refractivity contribution in [2.75, 3.05) is 33.4 Å². The first-order chi connectivity index (χ1) is 13.7. The smallest absolute Gasteiger partial charge is 0.187 e. The molecule has 1 aromatic heterocycles. The molecule has 0 bridgehead atoms. The number of benzene rings is 1. The first kappa shape index (κ1) is 18.0. The second-order valence-corrected chi connectivity index (χ2v) is 6.16. The number of methoxy groups -OCH3 is 1. The second-order valence-electron chi connectivity index (χ2n) is 6.16. The van der Waals surface area contributed by atoms with Gasteiger partial charge in [0, 0.05) is 36.1 Å². The van der Waals surface area contributed by atoms with Gasteiger partial charge in [0.15, 0.2) is 11.5 Å². The van der Waals surface area contributed by atoms with Crippen molar-refractivity contribution < 1.29 is 19.7 Å². The van der Waals surface area contributed by atoms with Crippen molar-refractivity contribution in [2.45, 2.75) is 0 Å². The van der Waals surface area contributed by atoms with E-state index in [0.717, 1.165) is 11.4 Å². The van der Waals surface area contributed by atoms with Crippen LogP contribution in [0.2, 0.25) is 0 Å². The molecule has 0 saturated heterocycles. The Morgan fingerprint density at radius 3 is 2.96 bits per heavy atom. The Bertz CT molecular complexity index is 970. The largest absolute Gasteiger partial charge is 0.507 e. The van der Waals surface area contributed by atoms with Gasteiger partial charge in [-0.2, -0.15) is 0 Å². The number of hydrogen-bond donors (Lipinski definition) is 2. The minimum Gasteiger partial charge on any atom is -0.507 e. The minimum absolute atomic E-state index is 0.0631. The van der Waals surface area contributed by atoms with Crippen molar-refractivity contribution >= 4 is 23.1 Å². The zero-order valence-corrected chi connectivity index (χ0v) is 15.4. The van der Waals surface area contributed by atoms with E-state index in [1.165, 1.54) is 0 Å². The van der Waals surface area contributed by atoms with Gasteiger partial charge in [0.25, 0.3) is 0 Å². The second kappa shape index (κ2) is 7.69. The van der Waals surface area contributed by atoms with Crippen molar-refractivity contribution in [1.82, 2.24) is 9.88 Å². The summed E-state index contributed by atoms with van der Waals surface area (Å²) in [7, 11) is 1.54.